The molecular weight excluding hydrogens is 224 g/mol. The Balaban J connectivity index is 2.48. The van der Waals surface area contributed by atoms with E-state index < -0.39 is 12.1 Å². The number of nitrogens with one attached hydrogen (secondary N) is 1. The number of benzene rings is 1. The normalized spacial score (nSPS) is 10.6. The van der Waals surface area contributed by atoms with Crippen molar-refractivity contribution in [1.29, 1.82) is 0 Å². The summed E-state index contributed by atoms with van der Waals surface area (Å²) in [6.07, 6.45) is -0.778. The van der Waals surface area contributed by atoms with E-state index in [2.05, 4.69) is 15.3 Å². The molecule has 1 aromatic rings. The Morgan fingerprint density at radius 2 is 1.88 bits per heavy atom. The average molecular weight is 236 g/mol. The molecule has 6 nitrogen and oxygen atoms in total. The molecule has 0 bridgehead atoms. The molecule has 0 aliphatic heterocycles. The molecule has 1 rings (SSSR count). The molecule has 0 spiro atoms. The van der Waals surface area contributed by atoms with Crippen LogP contribution in [0.15, 0.2) is 35.4 Å². The molecule has 0 aliphatic rings. The molecule has 0 unspecified atom stereocenters. The van der Waals surface area contributed by atoms with Gasteiger partial charge in [-0.05, 0) is 19.1 Å². The summed E-state index contributed by atoms with van der Waals surface area (Å²) >= 11 is 0. The Morgan fingerprint density at radius 1 is 1.24 bits per heavy atom. The van der Waals surface area contributed by atoms with Gasteiger partial charge in [-0.2, -0.15) is 5.10 Å². The van der Waals surface area contributed by atoms with Crippen LogP contribution in [-0.2, 0) is 9.53 Å². The van der Waals surface area contributed by atoms with Gasteiger partial charge in [-0.25, -0.2) is 15.0 Å². The van der Waals surface area contributed by atoms with Gasteiger partial charge in [-0.3, -0.25) is 0 Å². The van der Waals surface area contributed by atoms with Crippen LogP contribution in [0.25, 0.3) is 0 Å². The van der Waals surface area contributed by atoms with Crippen LogP contribution in [0, 0.1) is 0 Å². The number of para-hydroxylation sites is 1. The number of hydrazone groups is 1. The highest BCUT2D eigenvalue weighted by Gasteiger charge is 2.07. The van der Waals surface area contributed by atoms with Crippen molar-refractivity contribution >= 4 is 17.8 Å². The van der Waals surface area contributed by atoms with Crippen molar-refractivity contribution in [3.63, 3.8) is 0 Å². The van der Waals surface area contributed by atoms with Gasteiger partial charge in [0.25, 0.3) is 0 Å². The summed E-state index contributed by atoms with van der Waals surface area (Å²) in [4.78, 5) is 22.2. The second-order valence-electron chi connectivity index (χ2n) is 3.00. The third-order valence-corrected chi connectivity index (χ3v) is 1.75. The minimum absolute atomic E-state index is 0.0255. The maximum atomic E-state index is 11.2. The van der Waals surface area contributed by atoms with Gasteiger partial charge < -0.3 is 9.47 Å². The van der Waals surface area contributed by atoms with Gasteiger partial charge in [-0.15, -0.1) is 0 Å². The number of esters is 1. The van der Waals surface area contributed by atoms with Crippen molar-refractivity contribution in [2.75, 3.05) is 7.11 Å². The van der Waals surface area contributed by atoms with E-state index >= 15 is 0 Å². The van der Waals surface area contributed by atoms with E-state index in [0.717, 1.165) is 0 Å². The van der Waals surface area contributed by atoms with E-state index in [1.54, 1.807) is 30.3 Å². The summed E-state index contributed by atoms with van der Waals surface area (Å²) < 4.78 is 9.27. The van der Waals surface area contributed by atoms with E-state index in [1.807, 2.05) is 0 Å². The number of carbonyl (C=O) groups excluding carboxylic acids is 2. The fourth-order valence-corrected chi connectivity index (χ4v) is 0.941. The minimum atomic E-state index is -0.778. The first-order valence-electron chi connectivity index (χ1n) is 4.79. The quantitative estimate of drug-likeness (QED) is 0.488. The first-order valence-corrected chi connectivity index (χ1v) is 4.79. The van der Waals surface area contributed by atoms with Crippen molar-refractivity contribution < 1.29 is 19.1 Å². The van der Waals surface area contributed by atoms with Crippen molar-refractivity contribution in [1.82, 2.24) is 5.43 Å². The summed E-state index contributed by atoms with van der Waals surface area (Å²) in [5.41, 5.74) is 2.10. The number of amides is 1. The lowest BCUT2D eigenvalue weighted by Crippen LogP contribution is -2.25. The summed E-state index contributed by atoms with van der Waals surface area (Å²) in [5, 5.41) is 3.51. The smallest absolute Gasteiger partial charge is 0.433 e. The van der Waals surface area contributed by atoms with Crippen LogP contribution in [0.3, 0.4) is 0 Å². The monoisotopic (exact) mass is 236 g/mol. The molecular formula is C11H12N2O4. The summed E-state index contributed by atoms with van der Waals surface area (Å²) in [6.45, 7) is 1.41. The Morgan fingerprint density at radius 3 is 2.47 bits per heavy atom. The molecule has 1 amide bonds. The summed E-state index contributed by atoms with van der Waals surface area (Å²) in [5.74, 6) is -0.235. The predicted octanol–water partition coefficient (Wildman–Crippen LogP) is 1.32. The van der Waals surface area contributed by atoms with Crippen LogP contribution in [0.2, 0.25) is 0 Å². The predicted molar refractivity (Wildman–Crippen MR) is 60.7 cm³/mol. The number of methoxy groups -OCH3 is 1. The van der Waals surface area contributed by atoms with Crippen LogP contribution in [0.4, 0.5) is 4.79 Å². The molecule has 0 aromatic heterocycles. The number of carbonyl (C=O) groups is 2. The van der Waals surface area contributed by atoms with Gasteiger partial charge >= 0.3 is 12.1 Å². The standard InChI is InChI=1S/C11H12N2O4/c1-8(10(14)16-2)12-13-11(15)17-9-6-4-3-5-7-9/h3-7H,1-2H3,(H,13,15)/b12-8-. The van der Waals surface area contributed by atoms with Gasteiger partial charge in [0.2, 0.25) is 0 Å². The first kappa shape index (κ1) is 12.7. The highest BCUT2D eigenvalue weighted by atomic mass is 16.6. The lowest BCUT2D eigenvalue weighted by molar-refractivity contribution is -0.132. The minimum Gasteiger partial charge on any atom is -0.464 e. The zero-order chi connectivity index (χ0) is 12.7. The van der Waals surface area contributed by atoms with Crippen LogP contribution in [-0.4, -0.2) is 24.9 Å². The number of nitrogens with zero attached hydrogens (tertiary/aromatic N) is 1. The number of hydrogen-bond donors (Lipinski definition) is 1. The fraction of sp³-hybridized carbons (Fsp3) is 0.182. The summed E-state index contributed by atoms with van der Waals surface area (Å²) in [6, 6.07) is 8.49. The Hall–Kier alpha value is -2.37. The zero-order valence-corrected chi connectivity index (χ0v) is 9.47. The van der Waals surface area contributed by atoms with Gasteiger partial charge in [-0.1, -0.05) is 18.2 Å². The molecule has 0 heterocycles. The molecule has 17 heavy (non-hydrogen) atoms. The van der Waals surface area contributed by atoms with Crippen LogP contribution < -0.4 is 10.2 Å². The maximum Gasteiger partial charge on any atom is 0.433 e. The molecule has 6 heteroatoms. The van der Waals surface area contributed by atoms with Crippen molar-refractivity contribution in [2.45, 2.75) is 6.92 Å². The molecule has 0 atom stereocenters. The molecule has 1 aromatic carbocycles. The van der Waals surface area contributed by atoms with E-state index in [-0.39, 0.29) is 5.71 Å². The molecule has 0 saturated carbocycles. The van der Waals surface area contributed by atoms with E-state index in [9.17, 15) is 9.59 Å². The Labute approximate surface area is 98.2 Å². The van der Waals surface area contributed by atoms with Gasteiger partial charge in [0.05, 0.1) is 7.11 Å². The lowest BCUT2D eigenvalue weighted by Gasteiger charge is -2.03. The molecule has 1 N–H and O–H groups in total. The topological polar surface area (TPSA) is 77.0 Å². The van der Waals surface area contributed by atoms with Gasteiger partial charge in [0, 0.05) is 0 Å². The second-order valence-corrected chi connectivity index (χ2v) is 3.00. The van der Waals surface area contributed by atoms with Crippen LogP contribution in [0.5, 0.6) is 5.75 Å². The van der Waals surface area contributed by atoms with E-state index in [1.165, 1.54) is 14.0 Å². The fourth-order valence-electron chi connectivity index (χ4n) is 0.941. The number of ether oxygens (including phenoxy) is 2. The maximum absolute atomic E-state index is 11.2. The average Bonchev–Trinajstić information content (AvgIpc) is 2.36. The van der Waals surface area contributed by atoms with E-state index in [0.29, 0.717) is 5.75 Å². The third kappa shape index (κ3) is 4.33. The van der Waals surface area contributed by atoms with Crippen molar-refractivity contribution in [3.05, 3.63) is 30.3 Å². The first-order chi connectivity index (χ1) is 8.13. The van der Waals surface area contributed by atoms with E-state index in [4.69, 9.17) is 4.74 Å². The van der Waals surface area contributed by atoms with Gasteiger partial charge in [0.1, 0.15) is 11.5 Å². The number of hydrogen-bond acceptors (Lipinski definition) is 5. The molecule has 0 radical (unpaired) electrons. The van der Waals surface area contributed by atoms with Crippen LogP contribution >= 0.6 is 0 Å². The molecule has 0 fully saturated rings. The van der Waals surface area contributed by atoms with Crippen molar-refractivity contribution in [3.8, 4) is 5.75 Å². The highest BCUT2D eigenvalue weighted by molar-refractivity contribution is 6.35. The Kier molecular flexibility index (Phi) is 4.68. The second kappa shape index (κ2) is 6.26. The molecule has 0 aliphatic carbocycles. The molecule has 90 valence electrons. The number of rotatable bonds is 3. The Bertz CT molecular complexity index is 428. The van der Waals surface area contributed by atoms with Crippen molar-refractivity contribution in [2.24, 2.45) is 5.10 Å². The largest absolute Gasteiger partial charge is 0.464 e. The third-order valence-electron chi connectivity index (χ3n) is 1.75. The summed E-state index contributed by atoms with van der Waals surface area (Å²) in [7, 11) is 1.23. The zero-order valence-electron chi connectivity index (χ0n) is 9.47. The SMILES string of the molecule is COC(=O)/C(C)=N\NC(=O)Oc1ccccc1. The lowest BCUT2D eigenvalue weighted by atomic mass is 10.3. The van der Waals surface area contributed by atoms with Crippen LogP contribution in [0.1, 0.15) is 6.92 Å². The van der Waals surface area contributed by atoms with Gasteiger partial charge in [0.15, 0.2) is 0 Å². The highest BCUT2D eigenvalue weighted by Crippen LogP contribution is 2.07. The molecule has 0 saturated heterocycles.